The van der Waals surface area contributed by atoms with Crippen molar-refractivity contribution in [3.8, 4) is 11.5 Å². The summed E-state index contributed by atoms with van der Waals surface area (Å²) >= 11 is 10.9. The molecule has 8 heteroatoms. The predicted octanol–water partition coefficient (Wildman–Crippen LogP) is 6.48. The number of methoxy groups -OCH3 is 1. The monoisotopic (exact) mass is 671 g/mol. The van der Waals surface area contributed by atoms with Gasteiger partial charge in [-0.3, -0.25) is 0 Å². The third-order valence-electron chi connectivity index (χ3n) is 4.56. The first-order chi connectivity index (χ1) is 15.4. The summed E-state index contributed by atoms with van der Waals surface area (Å²) in [5.41, 5.74) is 2.58. The fourth-order valence-corrected chi connectivity index (χ4v) is 3.98. The van der Waals surface area contributed by atoms with E-state index in [1.165, 1.54) is 7.11 Å². The van der Waals surface area contributed by atoms with Crippen LogP contribution in [0.3, 0.4) is 0 Å². The number of cyclic esters (lactones) is 1. The van der Waals surface area contributed by atoms with Crippen molar-refractivity contribution < 1.29 is 19.0 Å². The second kappa shape index (κ2) is 10.2. The Morgan fingerprint density at radius 1 is 1.03 bits per heavy atom. The minimum atomic E-state index is -0.521. The van der Waals surface area contributed by atoms with E-state index in [1.807, 2.05) is 48.5 Å². The van der Waals surface area contributed by atoms with Crippen LogP contribution in [0.2, 0.25) is 5.02 Å². The fourth-order valence-electron chi connectivity index (χ4n) is 2.98. The molecule has 0 bridgehead atoms. The number of rotatable bonds is 6. The second-order valence-corrected chi connectivity index (χ2v) is 9.69. The van der Waals surface area contributed by atoms with Gasteiger partial charge in [0.1, 0.15) is 6.61 Å². The van der Waals surface area contributed by atoms with Crippen LogP contribution in [0.25, 0.3) is 6.08 Å². The van der Waals surface area contributed by atoms with Crippen LogP contribution in [-0.4, -0.2) is 19.0 Å². The van der Waals surface area contributed by atoms with Crippen LogP contribution in [0.1, 0.15) is 16.7 Å². The van der Waals surface area contributed by atoms with Gasteiger partial charge in [-0.25, -0.2) is 9.79 Å². The summed E-state index contributed by atoms with van der Waals surface area (Å²) in [6.07, 6.45) is 1.61. The highest BCUT2D eigenvalue weighted by Gasteiger charge is 2.24. The van der Waals surface area contributed by atoms with Crippen molar-refractivity contribution in [2.24, 2.45) is 4.99 Å². The molecule has 0 unspecified atom stereocenters. The summed E-state index contributed by atoms with van der Waals surface area (Å²) < 4.78 is 19.0. The van der Waals surface area contributed by atoms with Gasteiger partial charge in [0.05, 0.1) is 12.1 Å². The van der Waals surface area contributed by atoms with Gasteiger partial charge >= 0.3 is 5.97 Å². The molecule has 0 saturated carbocycles. The topological polar surface area (TPSA) is 57.1 Å². The van der Waals surface area contributed by atoms with Gasteiger partial charge in [0.25, 0.3) is 0 Å². The van der Waals surface area contributed by atoms with E-state index >= 15 is 0 Å². The number of carbonyl (C=O) groups excluding carboxylic acids is 1. The van der Waals surface area contributed by atoms with Crippen molar-refractivity contribution in [1.82, 2.24) is 0 Å². The maximum atomic E-state index is 12.3. The Morgan fingerprint density at radius 2 is 1.69 bits per heavy atom. The van der Waals surface area contributed by atoms with Crippen molar-refractivity contribution in [1.29, 1.82) is 0 Å². The van der Waals surface area contributed by atoms with Gasteiger partial charge in [0, 0.05) is 12.7 Å². The number of aliphatic imine (C=N–C) groups is 1. The molecule has 0 radical (unpaired) electrons. The molecule has 0 amide bonds. The third-order valence-corrected chi connectivity index (χ3v) is 6.28. The van der Waals surface area contributed by atoms with Crippen molar-refractivity contribution in [3.05, 3.63) is 95.2 Å². The molecule has 32 heavy (non-hydrogen) atoms. The Kier molecular flexibility index (Phi) is 7.37. The van der Waals surface area contributed by atoms with Gasteiger partial charge in [-0.2, -0.15) is 0 Å². The lowest BCUT2D eigenvalue weighted by molar-refractivity contribution is -0.129. The fraction of sp³-hybridized carbons (Fsp3) is 0.0833. The van der Waals surface area contributed by atoms with Gasteiger partial charge in [-0.1, -0.05) is 23.7 Å². The molecule has 0 N–H and O–H groups in total. The molecule has 0 saturated heterocycles. The molecule has 0 aromatic heterocycles. The largest absolute Gasteiger partial charge is 0.493 e. The molecule has 0 aliphatic carbocycles. The summed E-state index contributed by atoms with van der Waals surface area (Å²) in [4.78, 5) is 16.7. The molecule has 0 atom stereocenters. The Balaban J connectivity index is 1.58. The third kappa shape index (κ3) is 5.44. The smallest absolute Gasteiger partial charge is 0.363 e. The van der Waals surface area contributed by atoms with Crippen LogP contribution in [0.5, 0.6) is 11.5 Å². The molecule has 4 rings (SSSR count). The maximum absolute atomic E-state index is 12.3. The summed E-state index contributed by atoms with van der Waals surface area (Å²) in [5.74, 6) is 0.649. The lowest BCUT2D eigenvalue weighted by atomic mass is 10.1. The molecular formula is C24H16ClI2NO4. The maximum Gasteiger partial charge on any atom is 0.363 e. The van der Waals surface area contributed by atoms with E-state index in [2.05, 4.69) is 50.2 Å². The lowest BCUT2D eigenvalue weighted by Gasteiger charge is -2.13. The normalized spacial score (nSPS) is 14.3. The highest BCUT2D eigenvalue weighted by Crippen LogP contribution is 2.38. The number of nitrogens with zero attached hydrogens (tertiary/aromatic N) is 1. The zero-order chi connectivity index (χ0) is 22.7. The summed E-state index contributed by atoms with van der Waals surface area (Å²) in [5, 5.41) is 0.370. The van der Waals surface area contributed by atoms with Crippen molar-refractivity contribution in [3.63, 3.8) is 0 Å². The van der Waals surface area contributed by atoms with Crippen LogP contribution < -0.4 is 9.47 Å². The molecule has 1 aliphatic heterocycles. The Morgan fingerprint density at radius 3 is 2.34 bits per heavy atom. The van der Waals surface area contributed by atoms with E-state index in [1.54, 1.807) is 18.2 Å². The average Bonchev–Trinajstić information content (AvgIpc) is 3.14. The molecule has 1 heterocycles. The van der Waals surface area contributed by atoms with Gasteiger partial charge in [-0.15, -0.1) is 0 Å². The molecule has 1 aliphatic rings. The van der Waals surface area contributed by atoms with E-state index in [0.29, 0.717) is 28.7 Å². The molecule has 3 aromatic carbocycles. The molecular weight excluding hydrogens is 656 g/mol. The first-order valence-electron chi connectivity index (χ1n) is 9.46. The molecule has 162 valence electrons. The second-order valence-electron chi connectivity index (χ2n) is 6.79. The standard InChI is InChI=1S/C24H16ClI2NO4/c1-30-21-12-15(10-19(25)22(21)31-13-14-2-6-17(26)7-3-14)11-20-24(29)32-23(28-20)16-4-8-18(27)9-5-16/h2-12H,13H2,1H3/b20-11-. The summed E-state index contributed by atoms with van der Waals surface area (Å²) in [7, 11) is 1.54. The Labute approximate surface area is 217 Å². The molecule has 5 nitrogen and oxygen atoms in total. The Hall–Kier alpha value is -2.11. The molecule has 0 spiro atoms. The minimum Gasteiger partial charge on any atom is -0.493 e. The van der Waals surface area contributed by atoms with E-state index < -0.39 is 5.97 Å². The number of esters is 1. The van der Waals surface area contributed by atoms with E-state index in [-0.39, 0.29) is 11.6 Å². The van der Waals surface area contributed by atoms with Gasteiger partial charge in [-0.05, 0) is 111 Å². The number of carbonyl (C=O) groups is 1. The van der Waals surface area contributed by atoms with E-state index in [0.717, 1.165) is 18.3 Å². The minimum absolute atomic E-state index is 0.184. The van der Waals surface area contributed by atoms with Crippen molar-refractivity contribution >= 4 is 74.7 Å². The SMILES string of the molecule is COc1cc(/C=C2\N=C(c3ccc(I)cc3)OC2=O)cc(Cl)c1OCc1ccc(I)cc1. The molecule has 3 aromatic rings. The summed E-state index contributed by atoms with van der Waals surface area (Å²) in [6, 6.07) is 19.0. The van der Waals surface area contributed by atoms with Crippen LogP contribution in [0, 0.1) is 7.14 Å². The van der Waals surface area contributed by atoms with E-state index in [4.69, 9.17) is 25.8 Å². The number of halogens is 3. The first kappa shape index (κ1) is 23.1. The Bertz CT molecular complexity index is 1220. The first-order valence-corrected chi connectivity index (χ1v) is 12.0. The van der Waals surface area contributed by atoms with Crippen LogP contribution in [0.4, 0.5) is 0 Å². The quantitative estimate of drug-likeness (QED) is 0.171. The zero-order valence-electron chi connectivity index (χ0n) is 16.8. The average molecular weight is 672 g/mol. The predicted molar refractivity (Wildman–Crippen MR) is 141 cm³/mol. The molecule has 0 fully saturated rings. The number of hydrogen-bond acceptors (Lipinski definition) is 5. The van der Waals surface area contributed by atoms with Gasteiger partial charge in [0.15, 0.2) is 17.2 Å². The van der Waals surface area contributed by atoms with Crippen LogP contribution in [-0.2, 0) is 16.1 Å². The zero-order valence-corrected chi connectivity index (χ0v) is 21.8. The summed E-state index contributed by atoms with van der Waals surface area (Å²) in [6.45, 7) is 0.351. The lowest BCUT2D eigenvalue weighted by Crippen LogP contribution is -2.05. The van der Waals surface area contributed by atoms with Crippen LogP contribution >= 0.6 is 56.8 Å². The number of hydrogen-bond donors (Lipinski definition) is 0. The van der Waals surface area contributed by atoms with Crippen molar-refractivity contribution in [2.75, 3.05) is 7.11 Å². The van der Waals surface area contributed by atoms with Crippen molar-refractivity contribution in [2.45, 2.75) is 6.61 Å². The number of benzene rings is 3. The number of ether oxygens (including phenoxy) is 3. The van der Waals surface area contributed by atoms with E-state index in [9.17, 15) is 4.79 Å². The highest BCUT2D eigenvalue weighted by atomic mass is 127. The highest BCUT2D eigenvalue weighted by molar-refractivity contribution is 14.1. The van der Waals surface area contributed by atoms with Crippen LogP contribution in [0.15, 0.2) is 71.4 Å². The van der Waals surface area contributed by atoms with Gasteiger partial charge in [0.2, 0.25) is 5.90 Å². The van der Waals surface area contributed by atoms with Gasteiger partial charge < -0.3 is 14.2 Å².